The molecular formula is C7H7BrN3O3PS. The van der Waals surface area contributed by atoms with Gasteiger partial charge in [-0.2, -0.15) is 0 Å². The summed E-state index contributed by atoms with van der Waals surface area (Å²) in [5, 5.41) is 3.36. The average molecular weight is 324 g/mol. The van der Waals surface area contributed by atoms with Crippen LogP contribution in [-0.4, -0.2) is 26.0 Å². The van der Waals surface area contributed by atoms with Gasteiger partial charge in [-0.3, -0.25) is 4.57 Å². The molecule has 0 atom stereocenters. The number of nitrogens with zero attached hydrogens (tertiary/aromatic N) is 2. The first kappa shape index (κ1) is 11.9. The Labute approximate surface area is 103 Å². The molecule has 6 nitrogen and oxygen atoms in total. The van der Waals surface area contributed by atoms with Crippen molar-refractivity contribution in [2.75, 3.05) is 11.6 Å². The van der Waals surface area contributed by atoms with Crippen LogP contribution in [0.1, 0.15) is 0 Å². The fraction of sp³-hybridized carbons (Fsp3) is 0.143. The van der Waals surface area contributed by atoms with Crippen molar-refractivity contribution in [2.45, 2.75) is 0 Å². The molecule has 2 rings (SSSR count). The van der Waals surface area contributed by atoms with Gasteiger partial charge in [0, 0.05) is 0 Å². The molecule has 0 amide bonds. The van der Waals surface area contributed by atoms with Crippen LogP contribution in [0.3, 0.4) is 0 Å². The van der Waals surface area contributed by atoms with Crippen molar-refractivity contribution in [3.63, 3.8) is 0 Å². The van der Waals surface area contributed by atoms with Crippen LogP contribution in [0.2, 0.25) is 0 Å². The number of halogens is 1. The van der Waals surface area contributed by atoms with Gasteiger partial charge in [-0.05, 0) is 22.0 Å². The highest BCUT2D eigenvalue weighted by Gasteiger charge is 2.14. The van der Waals surface area contributed by atoms with Crippen molar-refractivity contribution in [3.8, 4) is 0 Å². The van der Waals surface area contributed by atoms with Gasteiger partial charge in [-0.15, -0.1) is 11.3 Å². The zero-order valence-electron chi connectivity index (χ0n) is 7.79. The van der Waals surface area contributed by atoms with Crippen molar-refractivity contribution in [2.24, 2.45) is 0 Å². The van der Waals surface area contributed by atoms with Crippen LogP contribution in [-0.2, 0) is 4.57 Å². The SMILES string of the molecule is O=P(O)(O)CNc1ncnc2sc(Br)cc12. The Morgan fingerprint density at radius 3 is 2.94 bits per heavy atom. The van der Waals surface area contributed by atoms with E-state index in [1.54, 1.807) is 0 Å². The van der Waals surface area contributed by atoms with Crippen LogP contribution in [0.15, 0.2) is 16.2 Å². The first-order valence-electron chi connectivity index (χ1n) is 4.14. The second kappa shape index (κ2) is 4.38. The summed E-state index contributed by atoms with van der Waals surface area (Å²) in [4.78, 5) is 26.3. The molecule has 0 aliphatic rings. The molecule has 0 aliphatic heterocycles. The van der Waals surface area contributed by atoms with E-state index in [2.05, 4.69) is 31.2 Å². The molecular weight excluding hydrogens is 317 g/mol. The number of rotatable bonds is 3. The number of anilines is 1. The van der Waals surface area contributed by atoms with Crippen LogP contribution < -0.4 is 5.32 Å². The predicted molar refractivity (Wildman–Crippen MR) is 65.6 cm³/mol. The van der Waals surface area contributed by atoms with Gasteiger partial charge < -0.3 is 15.1 Å². The summed E-state index contributed by atoms with van der Waals surface area (Å²) in [6.07, 6.45) is 0.917. The maximum Gasteiger partial charge on any atom is 0.344 e. The number of nitrogens with one attached hydrogen (secondary N) is 1. The fourth-order valence-electron chi connectivity index (χ4n) is 1.14. The molecule has 16 heavy (non-hydrogen) atoms. The van der Waals surface area contributed by atoms with Crippen molar-refractivity contribution < 1.29 is 14.4 Å². The molecule has 0 saturated heterocycles. The molecule has 2 aromatic heterocycles. The van der Waals surface area contributed by atoms with E-state index in [9.17, 15) is 4.57 Å². The standard InChI is InChI=1S/C7H7BrN3O3PS/c8-5-1-4-6(11-3-15(12,13)14)9-2-10-7(4)16-5/h1-2H,3H2,(H,9,10,11)(H2,12,13,14). The zero-order valence-corrected chi connectivity index (χ0v) is 11.1. The lowest BCUT2D eigenvalue weighted by Gasteiger charge is -2.06. The Bertz CT molecular complexity index is 569. The third-order valence-electron chi connectivity index (χ3n) is 1.75. The molecule has 0 radical (unpaired) electrons. The van der Waals surface area contributed by atoms with Crippen molar-refractivity contribution >= 4 is 50.9 Å². The quantitative estimate of drug-likeness (QED) is 0.748. The fourth-order valence-corrected chi connectivity index (χ4v) is 2.92. The molecule has 3 N–H and O–H groups in total. The molecule has 2 heterocycles. The lowest BCUT2D eigenvalue weighted by Crippen LogP contribution is -2.04. The Morgan fingerprint density at radius 1 is 1.50 bits per heavy atom. The number of hydrogen-bond donors (Lipinski definition) is 3. The van der Waals surface area contributed by atoms with Crippen molar-refractivity contribution in [3.05, 3.63) is 16.2 Å². The molecule has 2 aromatic rings. The Kier molecular flexibility index (Phi) is 3.27. The van der Waals surface area contributed by atoms with Gasteiger partial charge in [0.15, 0.2) is 0 Å². The summed E-state index contributed by atoms with van der Waals surface area (Å²) in [5.74, 6) is 0.426. The predicted octanol–water partition coefficient (Wildman–Crippen LogP) is 2.00. The number of aromatic nitrogens is 2. The molecule has 0 aliphatic carbocycles. The van der Waals surface area contributed by atoms with Gasteiger partial charge in [0.05, 0.1) is 9.17 Å². The second-order valence-corrected chi connectivity index (χ2v) is 7.05. The topological polar surface area (TPSA) is 95.3 Å². The van der Waals surface area contributed by atoms with E-state index >= 15 is 0 Å². The highest BCUT2D eigenvalue weighted by molar-refractivity contribution is 9.11. The maximum atomic E-state index is 10.7. The smallest absolute Gasteiger partial charge is 0.344 e. The van der Waals surface area contributed by atoms with E-state index in [0.717, 1.165) is 14.0 Å². The van der Waals surface area contributed by atoms with E-state index in [-0.39, 0.29) is 0 Å². The van der Waals surface area contributed by atoms with E-state index in [1.165, 1.54) is 17.7 Å². The maximum absolute atomic E-state index is 10.7. The molecule has 0 saturated carbocycles. The lowest BCUT2D eigenvalue weighted by atomic mass is 10.4. The minimum absolute atomic E-state index is 0.426. The largest absolute Gasteiger partial charge is 0.358 e. The first-order chi connectivity index (χ1) is 7.46. The molecule has 0 unspecified atom stereocenters. The monoisotopic (exact) mass is 323 g/mol. The summed E-state index contributed by atoms with van der Waals surface area (Å²) in [5.41, 5.74) is 0. The van der Waals surface area contributed by atoms with Gasteiger partial charge in [0.2, 0.25) is 0 Å². The summed E-state index contributed by atoms with van der Waals surface area (Å²) in [6.45, 7) is 0. The van der Waals surface area contributed by atoms with Crippen molar-refractivity contribution in [1.29, 1.82) is 0 Å². The van der Waals surface area contributed by atoms with Crippen molar-refractivity contribution in [1.82, 2.24) is 9.97 Å². The minimum atomic E-state index is -4.08. The van der Waals surface area contributed by atoms with Gasteiger partial charge in [-0.1, -0.05) is 0 Å². The summed E-state index contributed by atoms with van der Waals surface area (Å²) >= 11 is 4.75. The summed E-state index contributed by atoms with van der Waals surface area (Å²) < 4.78 is 11.6. The Hall–Kier alpha value is -0.530. The summed E-state index contributed by atoms with van der Waals surface area (Å²) in [6, 6.07) is 1.81. The lowest BCUT2D eigenvalue weighted by molar-refractivity contribution is 0.375. The normalized spacial score (nSPS) is 11.9. The molecule has 86 valence electrons. The zero-order chi connectivity index (χ0) is 11.8. The molecule has 0 fully saturated rings. The summed E-state index contributed by atoms with van der Waals surface area (Å²) in [7, 11) is -4.08. The van der Waals surface area contributed by atoms with Crippen LogP contribution in [0.5, 0.6) is 0 Å². The van der Waals surface area contributed by atoms with E-state index < -0.39 is 13.9 Å². The van der Waals surface area contributed by atoms with Gasteiger partial charge in [0.25, 0.3) is 0 Å². The highest BCUT2D eigenvalue weighted by atomic mass is 79.9. The van der Waals surface area contributed by atoms with E-state index in [1.807, 2.05) is 6.07 Å². The van der Waals surface area contributed by atoms with Crippen LogP contribution >= 0.6 is 34.9 Å². The average Bonchev–Trinajstić information content (AvgIpc) is 2.54. The third-order valence-corrected chi connectivity index (χ3v) is 3.87. The number of fused-ring (bicyclic) bond motifs is 1. The second-order valence-electron chi connectivity index (χ2n) is 2.99. The first-order valence-corrected chi connectivity index (χ1v) is 7.55. The highest BCUT2D eigenvalue weighted by Crippen LogP contribution is 2.36. The van der Waals surface area contributed by atoms with Crippen LogP contribution in [0, 0.1) is 0 Å². The Morgan fingerprint density at radius 2 is 2.25 bits per heavy atom. The van der Waals surface area contributed by atoms with Gasteiger partial charge in [0.1, 0.15) is 23.3 Å². The molecule has 0 aromatic carbocycles. The van der Waals surface area contributed by atoms with Crippen LogP contribution in [0.4, 0.5) is 5.82 Å². The molecule has 9 heteroatoms. The molecule has 0 bridgehead atoms. The number of hydrogen-bond acceptors (Lipinski definition) is 5. The van der Waals surface area contributed by atoms with Gasteiger partial charge >= 0.3 is 7.60 Å². The van der Waals surface area contributed by atoms with Gasteiger partial charge in [-0.25, -0.2) is 9.97 Å². The van der Waals surface area contributed by atoms with Crippen LogP contribution in [0.25, 0.3) is 10.2 Å². The molecule has 0 spiro atoms. The Balaban J connectivity index is 2.33. The van der Waals surface area contributed by atoms with E-state index in [0.29, 0.717) is 5.82 Å². The third kappa shape index (κ3) is 2.78. The minimum Gasteiger partial charge on any atom is -0.358 e. The van der Waals surface area contributed by atoms with E-state index in [4.69, 9.17) is 9.79 Å². The number of thiophene rings is 1.